The Bertz CT molecular complexity index is 1030. The summed E-state index contributed by atoms with van der Waals surface area (Å²) in [5, 5.41) is 0. The molecule has 0 aromatic heterocycles. The third-order valence-electron chi connectivity index (χ3n) is 14.7. The van der Waals surface area contributed by atoms with Gasteiger partial charge in [0.05, 0.1) is 0 Å². The second kappa shape index (κ2) is 53.8. The highest BCUT2D eigenvalue weighted by atomic mass is 16.6. The fraction of sp³-hybridized carbons (Fsp3) is 0.951. The molecule has 0 aromatic rings. The third kappa shape index (κ3) is 52.1. The van der Waals surface area contributed by atoms with Gasteiger partial charge in [-0.1, -0.05) is 304 Å². The van der Waals surface area contributed by atoms with Crippen molar-refractivity contribution in [2.24, 2.45) is 11.8 Å². The molecule has 0 radical (unpaired) electrons. The summed E-state index contributed by atoms with van der Waals surface area (Å²) in [4.78, 5) is 38.2. The van der Waals surface area contributed by atoms with Crippen LogP contribution in [0.1, 0.15) is 343 Å². The second-order valence-electron chi connectivity index (χ2n) is 21.5. The molecule has 0 aliphatic heterocycles. The maximum absolute atomic E-state index is 12.8. The summed E-state index contributed by atoms with van der Waals surface area (Å²) in [6, 6.07) is 0. The molecule has 0 aromatic carbocycles. The molecule has 0 N–H and O–H groups in total. The molecule has 0 bridgehead atoms. The highest BCUT2D eigenvalue weighted by Crippen LogP contribution is 2.19. The van der Waals surface area contributed by atoms with E-state index in [2.05, 4.69) is 34.6 Å². The van der Waals surface area contributed by atoms with Crippen molar-refractivity contribution in [2.75, 3.05) is 13.2 Å². The summed E-state index contributed by atoms with van der Waals surface area (Å²) in [5.41, 5.74) is 0. The van der Waals surface area contributed by atoms with Gasteiger partial charge in [0.15, 0.2) is 6.10 Å². The van der Waals surface area contributed by atoms with Crippen molar-refractivity contribution in [3.05, 3.63) is 0 Å². The highest BCUT2D eigenvalue weighted by Gasteiger charge is 2.19. The van der Waals surface area contributed by atoms with Crippen LogP contribution in [-0.2, 0) is 28.6 Å². The van der Waals surface area contributed by atoms with E-state index in [1.807, 2.05) is 0 Å². The topological polar surface area (TPSA) is 78.9 Å². The fourth-order valence-electron chi connectivity index (χ4n) is 9.34. The average Bonchev–Trinajstić information content (AvgIpc) is 3.33. The molecule has 2 unspecified atom stereocenters. The standard InChI is InChI=1S/C61H118O6/c1-6-9-10-11-12-13-14-15-20-24-27-30-36-41-46-51-59(62)65-54-58(67-61(64)53-48-43-38-33-32-35-40-45-50-57(5)8-3)55-66-60(63)52-47-42-37-31-28-25-22-19-17-16-18-21-23-26-29-34-39-44-49-56(4)7-2/h56-58H,6-55H2,1-5H3/t56?,57?,58-/m0/s1. The van der Waals surface area contributed by atoms with Gasteiger partial charge in [-0.3, -0.25) is 14.4 Å². The van der Waals surface area contributed by atoms with Crippen LogP contribution < -0.4 is 0 Å². The zero-order chi connectivity index (χ0) is 48.9. The molecule has 67 heavy (non-hydrogen) atoms. The van der Waals surface area contributed by atoms with Crippen LogP contribution in [0.2, 0.25) is 0 Å². The molecule has 0 saturated carbocycles. The maximum Gasteiger partial charge on any atom is 0.306 e. The Hall–Kier alpha value is -1.59. The Morgan fingerprint density at radius 3 is 0.776 bits per heavy atom. The van der Waals surface area contributed by atoms with Gasteiger partial charge >= 0.3 is 17.9 Å². The molecule has 398 valence electrons. The predicted octanol–water partition coefficient (Wildman–Crippen LogP) is 20.0. The molecule has 0 rings (SSSR count). The largest absolute Gasteiger partial charge is 0.462 e. The Balaban J connectivity index is 4.22. The van der Waals surface area contributed by atoms with Crippen LogP contribution in [0.25, 0.3) is 0 Å². The number of hydrogen-bond acceptors (Lipinski definition) is 6. The van der Waals surface area contributed by atoms with Gasteiger partial charge in [0.2, 0.25) is 0 Å². The van der Waals surface area contributed by atoms with E-state index in [0.29, 0.717) is 19.3 Å². The van der Waals surface area contributed by atoms with Crippen LogP contribution in [0.5, 0.6) is 0 Å². The van der Waals surface area contributed by atoms with Gasteiger partial charge < -0.3 is 14.2 Å². The Morgan fingerprint density at radius 2 is 0.522 bits per heavy atom. The van der Waals surface area contributed by atoms with Crippen molar-refractivity contribution >= 4 is 17.9 Å². The lowest BCUT2D eigenvalue weighted by Crippen LogP contribution is -2.30. The smallest absolute Gasteiger partial charge is 0.306 e. The van der Waals surface area contributed by atoms with Crippen LogP contribution in [0.4, 0.5) is 0 Å². The molecule has 0 heterocycles. The number of ether oxygens (including phenoxy) is 3. The number of unbranched alkanes of at least 4 members (excludes halogenated alkanes) is 38. The molecule has 0 saturated heterocycles. The van der Waals surface area contributed by atoms with Crippen molar-refractivity contribution in [3.63, 3.8) is 0 Å². The van der Waals surface area contributed by atoms with E-state index in [1.54, 1.807) is 0 Å². The van der Waals surface area contributed by atoms with Gasteiger partial charge in [-0.05, 0) is 31.1 Å². The summed E-state index contributed by atoms with van der Waals surface area (Å²) in [5.74, 6) is 0.916. The summed E-state index contributed by atoms with van der Waals surface area (Å²) in [6.45, 7) is 11.5. The number of carbonyl (C=O) groups excluding carboxylic acids is 3. The molecule has 6 nitrogen and oxygen atoms in total. The van der Waals surface area contributed by atoms with Crippen molar-refractivity contribution in [2.45, 2.75) is 349 Å². The van der Waals surface area contributed by atoms with E-state index in [4.69, 9.17) is 14.2 Å². The zero-order valence-corrected chi connectivity index (χ0v) is 46.0. The van der Waals surface area contributed by atoms with Crippen molar-refractivity contribution in [1.29, 1.82) is 0 Å². The van der Waals surface area contributed by atoms with E-state index >= 15 is 0 Å². The van der Waals surface area contributed by atoms with Crippen molar-refractivity contribution in [3.8, 4) is 0 Å². The predicted molar refractivity (Wildman–Crippen MR) is 289 cm³/mol. The molecule has 0 spiro atoms. The van der Waals surface area contributed by atoms with Crippen molar-refractivity contribution < 1.29 is 28.6 Å². The Morgan fingerprint density at radius 1 is 0.299 bits per heavy atom. The maximum atomic E-state index is 12.8. The summed E-state index contributed by atoms with van der Waals surface area (Å²) in [7, 11) is 0. The van der Waals surface area contributed by atoms with Crippen molar-refractivity contribution in [1.82, 2.24) is 0 Å². The number of rotatable bonds is 55. The lowest BCUT2D eigenvalue weighted by atomic mass is 9.99. The number of carbonyl (C=O) groups is 3. The van der Waals surface area contributed by atoms with Gasteiger partial charge in [0.25, 0.3) is 0 Å². The number of hydrogen-bond donors (Lipinski definition) is 0. The quantitative estimate of drug-likeness (QED) is 0.0343. The molecule has 0 fully saturated rings. The third-order valence-corrected chi connectivity index (χ3v) is 14.7. The molecule has 0 amide bonds. The minimum atomic E-state index is -0.763. The minimum absolute atomic E-state index is 0.0629. The lowest BCUT2D eigenvalue weighted by Gasteiger charge is -2.18. The first-order valence-electron chi connectivity index (χ1n) is 30.3. The first kappa shape index (κ1) is 65.4. The normalized spacial score (nSPS) is 12.9. The summed E-state index contributed by atoms with van der Waals surface area (Å²) >= 11 is 0. The van der Waals surface area contributed by atoms with E-state index < -0.39 is 6.10 Å². The molecular formula is C61H118O6. The van der Waals surface area contributed by atoms with Gasteiger partial charge in [-0.25, -0.2) is 0 Å². The van der Waals surface area contributed by atoms with Crippen LogP contribution in [0, 0.1) is 11.8 Å². The molecule has 0 aliphatic rings. The lowest BCUT2D eigenvalue weighted by molar-refractivity contribution is -0.167. The molecule has 3 atom stereocenters. The van der Waals surface area contributed by atoms with Gasteiger partial charge in [-0.15, -0.1) is 0 Å². The minimum Gasteiger partial charge on any atom is -0.462 e. The fourth-order valence-corrected chi connectivity index (χ4v) is 9.34. The molecule has 0 aliphatic carbocycles. The van der Waals surface area contributed by atoms with Gasteiger partial charge in [0.1, 0.15) is 13.2 Å². The first-order chi connectivity index (χ1) is 32.8. The summed E-state index contributed by atoms with van der Waals surface area (Å²) in [6.07, 6.45) is 58.1. The first-order valence-corrected chi connectivity index (χ1v) is 30.3. The van der Waals surface area contributed by atoms with E-state index in [9.17, 15) is 14.4 Å². The van der Waals surface area contributed by atoms with E-state index in [-0.39, 0.29) is 31.1 Å². The van der Waals surface area contributed by atoms with E-state index in [0.717, 1.165) is 69.6 Å². The zero-order valence-electron chi connectivity index (χ0n) is 46.0. The van der Waals surface area contributed by atoms with Crippen LogP contribution in [0.3, 0.4) is 0 Å². The Labute approximate surface area is 418 Å². The van der Waals surface area contributed by atoms with Crippen LogP contribution >= 0.6 is 0 Å². The highest BCUT2D eigenvalue weighted by molar-refractivity contribution is 5.71. The average molecular weight is 948 g/mol. The SMILES string of the molecule is CCCCCCCCCCCCCCCCCC(=O)OC[C@@H](COC(=O)CCCCCCCCCCCCCCCCCCCCC(C)CC)OC(=O)CCCCCCCCCCC(C)CC. The molecule has 6 heteroatoms. The second-order valence-corrected chi connectivity index (χ2v) is 21.5. The van der Waals surface area contributed by atoms with Crippen LogP contribution in [-0.4, -0.2) is 37.2 Å². The Kier molecular flexibility index (Phi) is 52.5. The summed E-state index contributed by atoms with van der Waals surface area (Å²) < 4.78 is 16.9. The van der Waals surface area contributed by atoms with Gasteiger partial charge in [-0.2, -0.15) is 0 Å². The monoisotopic (exact) mass is 947 g/mol. The molecular weight excluding hydrogens is 829 g/mol. The number of esters is 3. The van der Waals surface area contributed by atoms with Crippen LogP contribution in [0.15, 0.2) is 0 Å². The van der Waals surface area contributed by atoms with E-state index in [1.165, 1.54) is 231 Å². The van der Waals surface area contributed by atoms with Gasteiger partial charge in [0, 0.05) is 19.3 Å².